The maximum atomic E-state index is 11.2. The molecule has 0 aliphatic rings. The lowest BCUT2D eigenvalue weighted by molar-refractivity contribution is 0.0697. The quantitative estimate of drug-likeness (QED) is 0.931. The van der Waals surface area contributed by atoms with Crippen LogP contribution in [0.1, 0.15) is 15.9 Å². The summed E-state index contributed by atoms with van der Waals surface area (Å²) in [6.45, 7) is 0. The molecule has 6 heteroatoms. The lowest BCUT2D eigenvalue weighted by atomic mass is 10.1. The van der Waals surface area contributed by atoms with Crippen LogP contribution in [0.15, 0.2) is 42.6 Å². The fraction of sp³-hybridized carbons (Fsp3) is 0.143. The van der Waals surface area contributed by atoms with Crippen molar-refractivity contribution in [2.24, 2.45) is 0 Å². The molecule has 0 atom stereocenters. The minimum Gasteiger partial charge on any atom is -0.478 e. The molecule has 2 rings (SSSR count). The van der Waals surface area contributed by atoms with E-state index >= 15 is 0 Å². The van der Waals surface area contributed by atoms with Gasteiger partial charge < -0.3 is 5.11 Å². The molecule has 1 aromatic heterocycles. The first-order valence-electron chi connectivity index (χ1n) is 5.81. The van der Waals surface area contributed by atoms with Crippen molar-refractivity contribution in [2.45, 2.75) is 5.75 Å². The van der Waals surface area contributed by atoms with E-state index < -0.39 is 15.8 Å². The first kappa shape index (κ1) is 14.2. The topological polar surface area (TPSA) is 84.3 Å². The number of carboxylic acids is 1. The second-order valence-corrected chi connectivity index (χ2v) is 6.65. The van der Waals surface area contributed by atoms with Crippen molar-refractivity contribution in [3.8, 4) is 11.3 Å². The summed E-state index contributed by atoms with van der Waals surface area (Å²) in [5, 5.41) is 8.94. The van der Waals surface area contributed by atoms with Crippen molar-refractivity contribution in [1.82, 2.24) is 4.98 Å². The van der Waals surface area contributed by atoms with Crippen molar-refractivity contribution >= 4 is 15.8 Å². The Labute approximate surface area is 116 Å². The van der Waals surface area contributed by atoms with Gasteiger partial charge in [-0.05, 0) is 23.8 Å². The fourth-order valence-corrected chi connectivity index (χ4v) is 2.57. The van der Waals surface area contributed by atoms with Crippen LogP contribution in [0, 0.1) is 0 Å². The number of pyridine rings is 1. The van der Waals surface area contributed by atoms with E-state index in [2.05, 4.69) is 4.98 Å². The molecular formula is C14H13NO4S. The SMILES string of the molecule is CS(=O)(=O)Cc1ccc(-c2cccc(C(=O)O)c2)nc1. The highest BCUT2D eigenvalue weighted by Crippen LogP contribution is 2.19. The zero-order valence-electron chi connectivity index (χ0n) is 10.8. The van der Waals surface area contributed by atoms with E-state index in [0.29, 0.717) is 16.8 Å². The molecule has 0 bridgehead atoms. The van der Waals surface area contributed by atoms with Gasteiger partial charge in [0.15, 0.2) is 9.84 Å². The molecule has 0 aliphatic heterocycles. The third kappa shape index (κ3) is 3.64. The number of carboxylic acid groups (broad SMARTS) is 1. The van der Waals surface area contributed by atoms with Gasteiger partial charge in [0.2, 0.25) is 0 Å². The van der Waals surface area contributed by atoms with E-state index in [4.69, 9.17) is 5.11 Å². The Morgan fingerprint density at radius 3 is 2.55 bits per heavy atom. The van der Waals surface area contributed by atoms with Crippen molar-refractivity contribution in [2.75, 3.05) is 6.26 Å². The van der Waals surface area contributed by atoms with Crippen LogP contribution >= 0.6 is 0 Å². The Morgan fingerprint density at radius 2 is 2.00 bits per heavy atom. The number of nitrogens with zero attached hydrogens (tertiary/aromatic N) is 1. The van der Waals surface area contributed by atoms with Crippen LogP contribution in [0.2, 0.25) is 0 Å². The molecule has 1 heterocycles. The van der Waals surface area contributed by atoms with Crippen LogP contribution in [0.5, 0.6) is 0 Å². The summed E-state index contributed by atoms with van der Waals surface area (Å²) in [5.74, 6) is -1.06. The number of aromatic nitrogens is 1. The van der Waals surface area contributed by atoms with Crippen LogP contribution in [-0.4, -0.2) is 30.7 Å². The van der Waals surface area contributed by atoms with Gasteiger partial charge in [0.05, 0.1) is 17.0 Å². The van der Waals surface area contributed by atoms with Gasteiger partial charge in [0.25, 0.3) is 0 Å². The summed E-state index contributed by atoms with van der Waals surface area (Å²) in [7, 11) is -3.09. The summed E-state index contributed by atoms with van der Waals surface area (Å²) >= 11 is 0. The molecule has 0 radical (unpaired) electrons. The smallest absolute Gasteiger partial charge is 0.335 e. The zero-order chi connectivity index (χ0) is 14.8. The average Bonchev–Trinajstić information content (AvgIpc) is 2.38. The molecule has 0 unspecified atom stereocenters. The maximum Gasteiger partial charge on any atom is 0.335 e. The number of aromatic carboxylic acids is 1. The highest BCUT2D eigenvalue weighted by Gasteiger charge is 2.08. The molecule has 0 spiro atoms. The predicted octanol–water partition coefficient (Wildman–Crippen LogP) is 1.99. The molecule has 2 aromatic rings. The third-order valence-corrected chi connectivity index (χ3v) is 3.52. The highest BCUT2D eigenvalue weighted by atomic mass is 32.2. The number of rotatable bonds is 4. The molecule has 1 aromatic carbocycles. The number of sulfone groups is 1. The van der Waals surface area contributed by atoms with Crippen molar-refractivity contribution in [3.63, 3.8) is 0 Å². The Bertz CT molecular complexity index is 736. The van der Waals surface area contributed by atoms with Gasteiger partial charge in [-0.3, -0.25) is 4.98 Å². The zero-order valence-corrected chi connectivity index (χ0v) is 11.6. The molecule has 0 fully saturated rings. The molecule has 5 nitrogen and oxygen atoms in total. The van der Waals surface area contributed by atoms with Gasteiger partial charge in [-0.1, -0.05) is 18.2 Å². The molecule has 0 amide bonds. The van der Waals surface area contributed by atoms with Gasteiger partial charge in [-0.25, -0.2) is 13.2 Å². The van der Waals surface area contributed by atoms with Gasteiger partial charge in [-0.15, -0.1) is 0 Å². The minimum atomic E-state index is -3.09. The predicted molar refractivity (Wildman–Crippen MR) is 75.2 cm³/mol. The van der Waals surface area contributed by atoms with Gasteiger partial charge in [0, 0.05) is 18.0 Å². The van der Waals surface area contributed by atoms with E-state index in [-0.39, 0.29) is 11.3 Å². The number of hydrogen-bond acceptors (Lipinski definition) is 4. The molecular weight excluding hydrogens is 278 g/mol. The van der Waals surface area contributed by atoms with E-state index in [9.17, 15) is 13.2 Å². The minimum absolute atomic E-state index is 0.0601. The number of benzene rings is 1. The molecule has 0 aliphatic carbocycles. The first-order chi connectivity index (χ1) is 9.35. The van der Waals surface area contributed by atoms with E-state index in [1.54, 1.807) is 24.3 Å². The van der Waals surface area contributed by atoms with Crippen molar-refractivity contribution in [1.29, 1.82) is 0 Å². The summed E-state index contributed by atoms with van der Waals surface area (Å²) < 4.78 is 22.4. The van der Waals surface area contributed by atoms with E-state index in [1.165, 1.54) is 18.3 Å². The Hall–Kier alpha value is -2.21. The van der Waals surface area contributed by atoms with E-state index in [1.807, 2.05) is 0 Å². The van der Waals surface area contributed by atoms with E-state index in [0.717, 1.165) is 6.26 Å². The van der Waals surface area contributed by atoms with Gasteiger partial charge in [-0.2, -0.15) is 0 Å². The first-order valence-corrected chi connectivity index (χ1v) is 7.87. The van der Waals surface area contributed by atoms with Crippen LogP contribution in [0.3, 0.4) is 0 Å². The summed E-state index contributed by atoms with van der Waals surface area (Å²) in [4.78, 5) is 15.1. The molecule has 1 N–H and O–H groups in total. The standard InChI is InChI=1S/C14H13NO4S/c1-20(18,19)9-10-5-6-13(15-8-10)11-3-2-4-12(7-11)14(16)17/h2-8H,9H2,1H3,(H,16,17). The van der Waals surface area contributed by atoms with Crippen LogP contribution in [0.4, 0.5) is 0 Å². The Balaban J connectivity index is 2.30. The molecule has 20 heavy (non-hydrogen) atoms. The van der Waals surface area contributed by atoms with Crippen molar-refractivity contribution < 1.29 is 18.3 Å². The maximum absolute atomic E-state index is 11.2. The second-order valence-electron chi connectivity index (χ2n) is 4.51. The molecule has 0 saturated heterocycles. The Kier molecular flexibility index (Phi) is 3.85. The number of carbonyl (C=O) groups is 1. The lowest BCUT2D eigenvalue weighted by Crippen LogP contribution is -2.01. The lowest BCUT2D eigenvalue weighted by Gasteiger charge is -2.04. The van der Waals surface area contributed by atoms with Crippen LogP contribution < -0.4 is 0 Å². The average molecular weight is 291 g/mol. The van der Waals surface area contributed by atoms with Crippen LogP contribution in [0.25, 0.3) is 11.3 Å². The van der Waals surface area contributed by atoms with Crippen molar-refractivity contribution in [3.05, 3.63) is 53.7 Å². The molecule has 104 valence electrons. The summed E-state index contributed by atoms with van der Waals surface area (Å²) in [6, 6.07) is 9.79. The number of hydrogen-bond donors (Lipinski definition) is 1. The molecule has 0 saturated carbocycles. The Morgan fingerprint density at radius 1 is 1.25 bits per heavy atom. The highest BCUT2D eigenvalue weighted by molar-refractivity contribution is 7.89. The largest absolute Gasteiger partial charge is 0.478 e. The summed E-state index contributed by atoms with van der Waals surface area (Å²) in [5.41, 5.74) is 2.07. The monoisotopic (exact) mass is 291 g/mol. The van der Waals surface area contributed by atoms with Gasteiger partial charge in [0.1, 0.15) is 0 Å². The fourth-order valence-electron chi connectivity index (χ4n) is 1.79. The third-order valence-electron chi connectivity index (χ3n) is 2.66. The summed E-state index contributed by atoms with van der Waals surface area (Å²) in [6.07, 6.45) is 2.65. The normalized spacial score (nSPS) is 11.2. The van der Waals surface area contributed by atoms with Gasteiger partial charge >= 0.3 is 5.97 Å². The second kappa shape index (κ2) is 5.42. The van der Waals surface area contributed by atoms with Crippen LogP contribution in [-0.2, 0) is 15.6 Å².